The van der Waals surface area contributed by atoms with E-state index in [0.717, 1.165) is 18.8 Å². The number of rotatable bonds is 6. The second-order valence-corrected chi connectivity index (χ2v) is 7.90. The van der Waals surface area contributed by atoms with E-state index < -0.39 is 0 Å². The highest BCUT2D eigenvalue weighted by Crippen LogP contribution is 2.30. The van der Waals surface area contributed by atoms with Gasteiger partial charge in [0.2, 0.25) is 5.91 Å². The second kappa shape index (κ2) is 9.96. The average molecular weight is 335 g/mol. The molecule has 2 rings (SSSR count). The van der Waals surface area contributed by atoms with Crippen LogP contribution in [0.5, 0.6) is 0 Å². The lowest BCUT2D eigenvalue weighted by atomic mass is 9.85. The van der Waals surface area contributed by atoms with E-state index >= 15 is 0 Å². The van der Waals surface area contributed by atoms with Gasteiger partial charge in [-0.2, -0.15) is 11.8 Å². The highest BCUT2D eigenvalue weighted by Gasteiger charge is 2.29. The highest BCUT2D eigenvalue weighted by molar-refractivity contribution is 7.99. The molecule has 1 amide bonds. The molecule has 21 heavy (non-hydrogen) atoms. The Labute approximate surface area is 140 Å². The van der Waals surface area contributed by atoms with Crippen LogP contribution in [0.15, 0.2) is 0 Å². The molecule has 0 spiro atoms. The molecule has 1 saturated heterocycles. The van der Waals surface area contributed by atoms with Gasteiger partial charge in [-0.05, 0) is 56.4 Å². The highest BCUT2D eigenvalue weighted by atomic mass is 35.5. The fourth-order valence-electron chi connectivity index (χ4n) is 3.59. The number of amides is 1. The number of hydrogen-bond donors (Lipinski definition) is 2. The molecule has 1 heterocycles. The van der Waals surface area contributed by atoms with Gasteiger partial charge in [0.25, 0.3) is 0 Å². The van der Waals surface area contributed by atoms with Crippen molar-refractivity contribution in [1.29, 1.82) is 0 Å². The molecular weight excluding hydrogens is 304 g/mol. The maximum Gasteiger partial charge on any atom is 0.220 e. The molecule has 2 fully saturated rings. The van der Waals surface area contributed by atoms with E-state index in [1.54, 1.807) is 0 Å². The molecule has 5 heteroatoms. The molecule has 0 aromatic heterocycles. The van der Waals surface area contributed by atoms with Gasteiger partial charge in [-0.25, -0.2) is 0 Å². The lowest BCUT2D eigenvalue weighted by Gasteiger charge is -2.28. The van der Waals surface area contributed by atoms with Gasteiger partial charge >= 0.3 is 0 Å². The number of piperidine rings is 1. The summed E-state index contributed by atoms with van der Waals surface area (Å²) in [6, 6.07) is 0.420. The monoisotopic (exact) mass is 334 g/mol. The predicted molar refractivity (Wildman–Crippen MR) is 94.3 cm³/mol. The van der Waals surface area contributed by atoms with Crippen molar-refractivity contribution >= 4 is 30.1 Å². The Morgan fingerprint density at radius 3 is 2.81 bits per heavy atom. The maximum absolute atomic E-state index is 12.3. The fourth-order valence-corrected chi connectivity index (χ4v) is 4.79. The summed E-state index contributed by atoms with van der Waals surface area (Å²) >= 11 is 2.01. The Bertz CT molecular complexity index is 311. The zero-order chi connectivity index (χ0) is 14.4. The summed E-state index contributed by atoms with van der Waals surface area (Å²) in [7, 11) is 0. The number of carbonyl (C=O) groups is 1. The quantitative estimate of drug-likeness (QED) is 0.783. The standard InChI is InChI=1S/C16H30N2OS.ClH/c1-3-20-15-8-4-7-14(15)18-16(19)10-12(2)13-6-5-9-17-11-13;/h12-15,17H,3-11H2,1-2H3,(H,18,19);1H. The van der Waals surface area contributed by atoms with E-state index in [-0.39, 0.29) is 18.3 Å². The zero-order valence-electron chi connectivity index (χ0n) is 13.4. The Hall–Kier alpha value is 0.0700. The normalized spacial score (nSPS) is 30.5. The first-order valence-corrected chi connectivity index (χ1v) is 9.37. The summed E-state index contributed by atoms with van der Waals surface area (Å²) in [6.45, 7) is 6.68. The molecule has 124 valence electrons. The number of nitrogens with one attached hydrogen (secondary N) is 2. The van der Waals surface area contributed by atoms with E-state index in [1.165, 1.54) is 32.1 Å². The number of halogens is 1. The third kappa shape index (κ3) is 5.99. The summed E-state index contributed by atoms with van der Waals surface area (Å²) in [5.41, 5.74) is 0. The minimum Gasteiger partial charge on any atom is -0.352 e. The summed E-state index contributed by atoms with van der Waals surface area (Å²) in [4.78, 5) is 12.3. The van der Waals surface area contributed by atoms with Gasteiger partial charge in [0, 0.05) is 17.7 Å². The van der Waals surface area contributed by atoms with Crippen LogP contribution >= 0.6 is 24.2 Å². The molecule has 0 aromatic rings. The van der Waals surface area contributed by atoms with Gasteiger partial charge < -0.3 is 10.6 Å². The van der Waals surface area contributed by atoms with Gasteiger partial charge in [-0.1, -0.05) is 20.3 Å². The van der Waals surface area contributed by atoms with E-state index in [4.69, 9.17) is 0 Å². The molecule has 0 aromatic carbocycles. The van der Waals surface area contributed by atoms with Gasteiger partial charge in [0.05, 0.1) is 0 Å². The van der Waals surface area contributed by atoms with Crippen molar-refractivity contribution in [3.63, 3.8) is 0 Å². The van der Waals surface area contributed by atoms with Gasteiger partial charge in [-0.3, -0.25) is 4.79 Å². The fraction of sp³-hybridized carbons (Fsp3) is 0.938. The van der Waals surface area contributed by atoms with E-state index in [9.17, 15) is 4.79 Å². The molecule has 0 radical (unpaired) electrons. The van der Waals surface area contributed by atoms with E-state index in [2.05, 4.69) is 24.5 Å². The van der Waals surface area contributed by atoms with Crippen LogP contribution in [-0.4, -0.2) is 36.0 Å². The lowest BCUT2D eigenvalue weighted by Crippen LogP contribution is -2.41. The molecule has 3 nitrogen and oxygen atoms in total. The largest absolute Gasteiger partial charge is 0.352 e. The van der Waals surface area contributed by atoms with Crippen LogP contribution in [-0.2, 0) is 4.79 Å². The van der Waals surface area contributed by atoms with Crippen LogP contribution in [0.1, 0.15) is 52.4 Å². The number of hydrogen-bond acceptors (Lipinski definition) is 3. The first-order chi connectivity index (χ1) is 9.70. The van der Waals surface area contributed by atoms with Crippen LogP contribution in [0.4, 0.5) is 0 Å². The summed E-state index contributed by atoms with van der Waals surface area (Å²) in [5, 5.41) is 7.40. The summed E-state index contributed by atoms with van der Waals surface area (Å²) < 4.78 is 0. The van der Waals surface area contributed by atoms with Crippen molar-refractivity contribution in [2.24, 2.45) is 11.8 Å². The van der Waals surface area contributed by atoms with Crippen LogP contribution < -0.4 is 10.6 Å². The van der Waals surface area contributed by atoms with Gasteiger partial charge in [0.15, 0.2) is 0 Å². The topological polar surface area (TPSA) is 41.1 Å². The lowest BCUT2D eigenvalue weighted by molar-refractivity contribution is -0.123. The SMILES string of the molecule is CCSC1CCCC1NC(=O)CC(C)C1CCCNC1.Cl. The Balaban J connectivity index is 0.00000220. The second-order valence-electron chi connectivity index (χ2n) is 6.39. The van der Waals surface area contributed by atoms with Crippen molar-refractivity contribution in [3.05, 3.63) is 0 Å². The zero-order valence-corrected chi connectivity index (χ0v) is 15.0. The molecular formula is C16H31ClN2OS. The van der Waals surface area contributed by atoms with Crippen LogP contribution in [0.2, 0.25) is 0 Å². The first kappa shape index (κ1) is 19.1. The van der Waals surface area contributed by atoms with Crippen molar-refractivity contribution in [2.75, 3.05) is 18.8 Å². The third-order valence-corrected chi connectivity index (χ3v) is 6.15. The van der Waals surface area contributed by atoms with Crippen molar-refractivity contribution in [3.8, 4) is 0 Å². The molecule has 2 aliphatic rings. The summed E-state index contributed by atoms with van der Waals surface area (Å²) in [5.74, 6) is 2.61. The first-order valence-electron chi connectivity index (χ1n) is 8.32. The molecule has 1 aliphatic heterocycles. The van der Waals surface area contributed by atoms with Crippen LogP contribution in [0, 0.1) is 11.8 Å². The smallest absolute Gasteiger partial charge is 0.220 e. The van der Waals surface area contributed by atoms with Crippen LogP contribution in [0.25, 0.3) is 0 Å². The summed E-state index contributed by atoms with van der Waals surface area (Å²) in [6.07, 6.45) is 6.94. The Morgan fingerprint density at radius 1 is 1.33 bits per heavy atom. The average Bonchev–Trinajstić information content (AvgIpc) is 2.87. The molecule has 1 saturated carbocycles. The van der Waals surface area contributed by atoms with Crippen LogP contribution in [0.3, 0.4) is 0 Å². The van der Waals surface area contributed by atoms with E-state index in [1.807, 2.05) is 11.8 Å². The number of carbonyl (C=O) groups excluding carboxylic acids is 1. The van der Waals surface area contributed by atoms with Crippen molar-refractivity contribution in [1.82, 2.24) is 10.6 Å². The molecule has 2 N–H and O–H groups in total. The molecule has 4 unspecified atom stereocenters. The minimum atomic E-state index is 0. The predicted octanol–water partition coefficient (Wildman–Crippen LogP) is 3.22. The Morgan fingerprint density at radius 2 is 2.14 bits per heavy atom. The van der Waals surface area contributed by atoms with E-state index in [0.29, 0.717) is 29.5 Å². The molecule has 4 atom stereocenters. The number of thioether (sulfide) groups is 1. The van der Waals surface area contributed by atoms with Gasteiger partial charge in [-0.15, -0.1) is 12.4 Å². The minimum absolute atomic E-state index is 0. The third-order valence-electron chi connectivity index (χ3n) is 4.83. The van der Waals surface area contributed by atoms with Crippen molar-refractivity contribution in [2.45, 2.75) is 63.7 Å². The Kier molecular flexibility index (Phi) is 9.07. The maximum atomic E-state index is 12.3. The molecule has 0 bridgehead atoms. The van der Waals surface area contributed by atoms with Crippen molar-refractivity contribution < 1.29 is 4.79 Å². The van der Waals surface area contributed by atoms with Gasteiger partial charge in [0.1, 0.15) is 0 Å². The molecule has 1 aliphatic carbocycles.